The molecule has 0 bridgehead atoms. The van der Waals surface area contributed by atoms with Gasteiger partial charge < -0.3 is 5.11 Å². The van der Waals surface area contributed by atoms with E-state index >= 15 is 0 Å². The number of nitriles is 1. The summed E-state index contributed by atoms with van der Waals surface area (Å²) < 4.78 is 0. The number of unbranched alkanes of at least 4 members (excludes halogenated alkanes) is 2. The molecule has 1 N–H and O–H groups in total. The largest absolute Gasteiger partial charge is 0.385 e. The van der Waals surface area contributed by atoms with Crippen LogP contribution in [0.5, 0.6) is 0 Å². The lowest BCUT2D eigenvalue weighted by molar-refractivity contribution is -0.0543. The van der Waals surface area contributed by atoms with E-state index in [1.54, 1.807) is 6.20 Å². The first-order valence-corrected chi connectivity index (χ1v) is 9.50. The first-order chi connectivity index (χ1) is 12.6. The number of piperidine rings is 1. The second kappa shape index (κ2) is 8.64. The second-order valence-corrected chi connectivity index (χ2v) is 7.35. The molecule has 1 fully saturated rings. The fraction of sp³-hybridized carbons (Fsp3) is 0.429. The summed E-state index contributed by atoms with van der Waals surface area (Å²) in [6, 6.07) is 15.7. The third kappa shape index (κ3) is 4.42. The van der Waals surface area contributed by atoms with Gasteiger partial charge in [0, 0.05) is 30.6 Å². The molecule has 1 aromatic heterocycles. The zero-order chi connectivity index (χ0) is 18.4. The number of aliphatic hydroxyl groups is 1. The molecule has 3 rings (SSSR count). The molecule has 0 spiro atoms. The summed E-state index contributed by atoms with van der Waals surface area (Å²) in [5, 5.41) is 20.8. The number of halogens is 1. The normalized spacial score (nSPS) is 23.5. The van der Waals surface area contributed by atoms with Crippen LogP contribution in [0, 0.1) is 11.3 Å². The monoisotopic (exact) mass is 369 g/mol. The summed E-state index contributed by atoms with van der Waals surface area (Å²) in [4.78, 5) is 6.94. The summed E-state index contributed by atoms with van der Waals surface area (Å²) in [5.41, 5.74) is 1.02. The van der Waals surface area contributed by atoms with Gasteiger partial charge in [-0.3, -0.25) is 9.88 Å². The van der Waals surface area contributed by atoms with Crippen molar-refractivity contribution in [3.05, 3.63) is 64.9 Å². The van der Waals surface area contributed by atoms with Crippen LogP contribution in [0.15, 0.2) is 48.7 Å². The Morgan fingerprint density at radius 3 is 2.73 bits per heavy atom. The van der Waals surface area contributed by atoms with Gasteiger partial charge in [0.25, 0.3) is 0 Å². The molecule has 2 unspecified atom stereocenters. The predicted molar refractivity (Wildman–Crippen MR) is 103 cm³/mol. The number of nitrogens with zero attached hydrogens (tertiary/aromatic N) is 3. The van der Waals surface area contributed by atoms with Crippen molar-refractivity contribution >= 4 is 11.6 Å². The van der Waals surface area contributed by atoms with Gasteiger partial charge in [-0.15, -0.1) is 0 Å². The summed E-state index contributed by atoms with van der Waals surface area (Å²) in [6.07, 6.45) is 5.57. The van der Waals surface area contributed by atoms with E-state index in [2.05, 4.69) is 16.0 Å². The molecular formula is C21H24ClN3O. The Morgan fingerprint density at radius 2 is 2.04 bits per heavy atom. The van der Waals surface area contributed by atoms with Crippen LogP contribution in [0.4, 0.5) is 0 Å². The molecule has 1 aliphatic heterocycles. The van der Waals surface area contributed by atoms with Crippen molar-refractivity contribution in [2.24, 2.45) is 0 Å². The maximum absolute atomic E-state index is 11.4. The Kier molecular flexibility index (Phi) is 6.26. The van der Waals surface area contributed by atoms with Crippen molar-refractivity contribution in [2.75, 3.05) is 13.1 Å². The van der Waals surface area contributed by atoms with Crippen molar-refractivity contribution in [1.82, 2.24) is 9.88 Å². The van der Waals surface area contributed by atoms with Crippen LogP contribution < -0.4 is 0 Å². The lowest BCUT2D eigenvalue weighted by Gasteiger charge is -2.44. The highest BCUT2D eigenvalue weighted by atomic mass is 35.5. The average Bonchev–Trinajstić information content (AvgIpc) is 2.67. The van der Waals surface area contributed by atoms with Crippen LogP contribution in [0.3, 0.4) is 0 Å². The minimum Gasteiger partial charge on any atom is -0.385 e. The van der Waals surface area contributed by atoms with Gasteiger partial charge in [-0.25, -0.2) is 0 Å². The highest BCUT2D eigenvalue weighted by Crippen LogP contribution is 2.42. The number of benzene rings is 1. The lowest BCUT2D eigenvalue weighted by Crippen LogP contribution is -2.45. The molecule has 5 heteroatoms. The molecule has 0 aliphatic carbocycles. The van der Waals surface area contributed by atoms with Gasteiger partial charge in [-0.05, 0) is 55.6 Å². The quantitative estimate of drug-likeness (QED) is 0.764. The van der Waals surface area contributed by atoms with Gasteiger partial charge in [-0.2, -0.15) is 5.26 Å². The number of hydrogen-bond acceptors (Lipinski definition) is 4. The Hall–Kier alpha value is -1.93. The van der Waals surface area contributed by atoms with Crippen LogP contribution >= 0.6 is 11.6 Å². The molecular weight excluding hydrogens is 346 g/mol. The maximum Gasteiger partial charge on any atom is 0.0927 e. The molecule has 1 aliphatic rings. The average molecular weight is 370 g/mol. The van der Waals surface area contributed by atoms with Crippen LogP contribution in [0.25, 0.3) is 0 Å². The molecule has 0 radical (unpaired) electrons. The van der Waals surface area contributed by atoms with Crippen LogP contribution in [0.1, 0.15) is 49.4 Å². The standard InChI is InChI=1S/C21H24ClN3O/c22-18-9-7-17(8-10-18)21(26)11-15-25(14-5-1-3-12-23)20(16-21)19-6-2-4-13-24-19/h2,4,6-10,13,20,26H,1,3,5,11,14-16H2. The Labute approximate surface area is 160 Å². The Bertz CT molecular complexity index is 744. The van der Waals surface area contributed by atoms with Gasteiger partial charge in [0.2, 0.25) is 0 Å². The van der Waals surface area contributed by atoms with E-state index in [1.165, 1.54) is 0 Å². The van der Waals surface area contributed by atoms with Gasteiger partial charge in [-0.1, -0.05) is 29.8 Å². The van der Waals surface area contributed by atoms with E-state index in [9.17, 15) is 5.11 Å². The van der Waals surface area contributed by atoms with Gasteiger partial charge in [0.15, 0.2) is 0 Å². The fourth-order valence-corrected chi connectivity index (χ4v) is 3.84. The fourth-order valence-electron chi connectivity index (χ4n) is 3.71. The predicted octanol–water partition coefficient (Wildman–Crippen LogP) is 4.45. The van der Waals surface area contributed by atoms with Crippen molar-refractivity contribution in [1.29, 1.82) is 5.26 Å². The summed E-state index contributed by atoms with van der Waals surface area (Å²) >= 11 is 6.00. The molecule has 2 atom stereocenters. The van der Waals surface area contributed by atoms with Crippen molar-refractivity contribution in [2.45, 2.75) is 43.7 Å². The number of hydrogen-bond donors (Lipinski definition) is 1. The maximum atomic E-state index is 11.4. The van der Waals surface area contributed by atoms with E-state index in [4.69, 9.17) is 16.9 Å². The zero-order valence-corrected chi connectivity index (χ0v) is 15.6. The second-order valence-electron chi connectivity index (χ2n) is 6.91. The third-order valence-corrected chi connectivity index (χ3v) is 5.43. The van der Waals surface area contributed by atoms with E-state index in [1.807, 2.05) is 42.5 Å². The highest BCUT2D eigenvalue weighted by Gasteiger charge is 2.40. The van der Waals surface area contributed by atoms with Crippen LogP contribution in [-0.4, -0.2) is 28.1 Å². The van der Waals surface area contributed by atoms with E-state index in [0.717, 1.165) is 37.2 Å². The molecule has 2 aromatic rings. The Balaban J connectivity index is 1.80. The number of pyridine rings is 1. The number of aromatic nitrogens is 1. The molecule has 4 nitrogen and oxygen atoms in total. The van der Waals surface area contributed by atoms with E-state index in [-0.39, 0.29) is 6.04 Å². The highest BCUT2D eigenvalue weighted by molar-refractivity contribution is 6.30. The lowest BCUT2D eigenvalue weighted by atomic mass is 9.79. The summed E-state index contributed by atoms with van der Waals surface area (Å²) in [5.74, 6) is 0. The molecule has 2 heterocycles. The number of rotatable bonds is 6. The van der Waals surface area contributed by atoms with Gasteiger partial charge >= 0.3 is 0 Å². The zero-order valence-electron chi connectivity index (χ0n) is 14.8. The minimum atomic E-state index is -0.879. The third-order valence-electron chi connectivity index (χ3n) is 5.18. The molecule has 136 valence electrons. The summed E-state index contributed by atoms with van der Waals surface area (Å²) in [7, 11) is 0. The van der Waals surface area contributed by atoms with Crippen molar-refractivity contribution in [3.8, 4) is 6.07 Å². The Morgan fingerprint density at radius 1 is 1.23 bits per heavy atom. The smallest absolute Gasteiger partial charge is 0.0927 e. The van der Waals surface area contributed by atoms with Crippen LogP contribution in [0.2, 0.25) is 5.02 Å². The van der Waals surface area contributed by atoms with E-state index in [0.29, 0.717) is 24.3 Å². The molecule has 1 aromatic carbocycles. The summed E-state index contributed by atoms with van der Waals surface area (Å²) in [6.45, 7) is 1.71. The van der Waals surface area contributed by atoms with Gasteiger partial charge in [0.1, 0.15) is 0 Å². The SMILES string of the molecule is N#CCCCCN1CCC(O)(c2ccc(Cl)cc2)CC1c1ccccn1. The van der Waals surface area contributed by atoms with Gasteiger partial charge in [0.05, 0.1) is 23.4 Å². The molecule has 26 heavy (non-hydrogen) atoms. The first-order valence-electron chi connectivity index (χ1n) is 9.13. The van der Waals surface area contributed by atoms with E-state index < -0.39 is 5.60 Å². The number of likely N-dealkylation sites (tertiary alicyclic amines) is 1. The molecule has 1 saturated heterocycles. The van der Waals surface area contributed by atoms with Crippen molar-refractivity contribution < 1.29 is 5.11 Å². The molecule has 0 amide bonds. The topological polar surface area (TPSA) is 60.2 Å². The minimum absolute atomic E-state index is 0.0627. The van der Waals surface area contributed by atoms with Crippen molar-refractivity contribution in [3.63, 3.8) is 0 Å². The molecule has 0 saturated carbocycles. The van der Waals surface area contributed by atoms with Crippen LogP contribution in [-0.2, 0) is 5.60 Å². The first kappa shape index (κ1) is 18.8.